The second-order valence-electron chi connectivity index (χ2n) is 11.4. The predicted molar refractivity (Wildman–Crippen MR) is 134 cm³/mol. The number of hydrogen-bond acceptors (Lipinski definition) is 1. The van der Waals surface area contributed by atoms with E-state index in [1.54, 1.807) is 0 Å². The molecule has 4 aliphatic carbocycles. The summed E-state index contributed by atoms with van der Waals surface area (Å²) >= 11 is -0.826. The molecule has 0 aromatic carbocycles. The first-order valence-corrected chi connectivity index (χ1v) is 21.7. The van der Waals surface area contributed by atoms with Crippen molar-refractivity contribution in [1.82, 2.24) is 4.90 Å². The second-order valence-corrected chi connectivity index (χ2v) is 20.2. The van der Waals surface area contributed by atoms with Gasteiger partial charge in [-0.05, 0) is 67.5 Å². The van der Waals surface area contributed by atoms with E-state index in [0.717, 1.165) is 54.1 Å². The van der Waals surface area contributed by atoms with Crippen molar-refractivity contribution >= 4 is 25.1 Å². The molecule has 1 aliphatic heterocycles. The van der Waals surface area contributed by atoms with Gasteiger partial charge in [-0.15, -0.1) is 0 Å². The third-order valence-corrected chi connectivity index (χ3v) is 15.3. The molecule has 5 aliphatic rings. The zero-order chi connectivity index (χ0) is 20.8. The summed E-state index contributed by atoms with van der Waals surface area (Å²) in [6, 6.07) is 1.52. The molecule has 0 aromatic heterocycles. The molecule has 5 fully saturated rings. The molecule has 0 aromatic rings. The number of fused-ring (bicyclic) bond motifs is 5. The minimum absolute atomic E-state index is 0. The van der Waals surface area contributed by atoms with Gasteiger partial charge in [0.15, 0.2) is 0 Å². The molecule has 180 valence electrons. The quantitative estimate of drug-likeness (QED) is 0.238. The van der Waals surface area contributed by atoms with Gasteiger partial charge in [0.25, 0.3) is 0 Å². The molecule has 1 nitrogen and oxygen atoms in total. The van der Waals surface area contributed by atoms with Crippen molar-refractivity contribution in [2.24, 2.45) is 23.7 Å². The summed E-state index contributed by atoms with van der Waals surface area (Å²) in [6.07, 6.45) is 14.2. The first-order valence-electron chi connectivity index (χ1n) is 12.2. The summed E-state index contributed by atoms with van der Waals surface area (Å²) in [5.74, 6) is 3.45. The van der Waals surface area contributed by atoms with Crippen LogP contribution in [0.3, 0.4) is 0 Å². The Kier molecular flexibility index (Phi) is 11.2. The summed E-state index contributed by atoms with van der Waals surface area (Å²) in [7, 11) is 11.0. The van der Waals surface area contributed by atoms with Gasteiger partial charge in [-0.2, -0.15) is 0 Å². The molecule has 5 rings (SSSR count). The molecule has 0 N–H and O–H groups in total. The third kappa shape index (κ3) is 5.24. The summed E-state index contributed by atoms with van der Waals surface area (Å²) in [5, 5.41) is 0. The van der Waals surface area contributed by atoms with Crippen molar-refractivity contribution in [2.45, 2.75) is 113 Å². The number of alkyl halides is 1. The van der Waals surface area contributed by atoms with Gasteiger partial charge >= 0.3 is 37.9 Å². The molecule has 6 heteroatoms. The van der Waals surface area contributed by atoms with Crippen LogP contribution >= 0.6 is 17.0 Å². The number of rotatable bonds is 2. The Hall–Kier alpha value is 1.57. The van der Waals surface area contributed by atoms with Gasteiger partial charge in [-0.25, -0.2) is 4.39 Å². The molecule has 8 unspecified atom stereocenters. The Labute approximate surface area is 212 Å². The standard InChI is InChI=1S/C23H40FNSi.2CH3.2ClH.Zr/c1-25-20-13-12-15(24)14-19(20)21-17-10-6-7-11-18(17)23(22(21)25)26(2,3)16-8-4-5-9-16;;;;;/h15-23H,4-14H2,1-3H3;2*1H3;2*1H;/q;2*-1;;;+4/p-2. The Morgan fingerprint density at radius 2 is 1.39 bits per heavy atom. The number of hydrogen-bond donors (Lipinski definition) is 0. The molecule has 0 spiro atoms. The molecular formula is C25H46Cl2FNSiZr. The van der Waals surface area contributed by atoms with Crippen LogP contribution in [0, 0.1) is 38.5 Å². The fraction of sp³-hybridized carbons (Fsp3) is 0.920. The Morgan fingerprint density at radius 3 is 2.00 bits per heavy atom. The van der Waals surface area contributed by atoms with E-state index < -0.39 is 35.1 Å². The van der Waals surface area contributed by atoms with Crippen molar-refractivity contribution in [3.63, 3.8) is 0 Å². The van der Waals surface area contributed by atoms with Crippen molar-refractivity contribution in [1.29, 1.82) is 0 Å². The van der Waals surface area contributed by atoms with Crippen LogP contribution in [-0.4, -0.2) is 38.3 Å². The Balaban J connectivity index is 0.000000648. The van der Waals surface area contributed by atoms with Gasteiger partial charge in [-0.1, -0.05) is 58.0 Å². The molecule has 8 atom stereocenters. The molecule has 0 amide bonds. The maximum absolute atomic E-state index is 14.4. The zero-order valence-electron chi connectivity index (χ0n) is 20.6. The third-order valence-electron chi connectivity index (χ3n) is 10.1. The van der Waals surface area contributed by atoms with E-state index in [-0.39, 0.29) is 14.9 Å². The van der Waals surface area contributed by atoms with Gasteiger partial charge < -0.3 is 14.9 Å². The van der Waals surface area contributed by atoms with Crippen LogP contribution in [0.1, 0.15) is 70.6 Å². The van der Waals surface area contributed by atoms with Crippen molar-refractivity contribution in [3.05, 3.63) is 14.9 Å². The van der Waals surface area contributed by atoms with Crippen LogP contribution in [0.5, 0.6) is 0 Å². The summed E-state index contributed by atoms with van der Waals surface area (Å²) in [6.45, 7) is 5.55. The molecule has 1 saturated heterocycles. The molecule has 31 heavy (non-hydrogen) atoms. The SMILES string of the molecule is CN1C2CCC(F)CC2C2C3CCCCC3C([Si](C)(C)C3CCCC3)C21.[CH3-].[CH3-].[Cl][Zr+2][Cl]. The number of halogens is 3. The van der Waals surface area contributed by atoms with E-state index in [4.69, 9.17) is 17.0 Å². The first kappa shape index (κ1) is 28.8. The number of nitrogens with zero attached hydrogens (tertiary/aromatic N) is 1. The predicted octanol–water partition coefficient (Wildman–Crippen LogP) is 8.54. The Morgan fingerprint density at radius 1 is 0.839 bits per heavy atom. The molecule has 1 heterocycles. The molecule has 0 radical (unpaired) electrons. The van der Waals surface area contributed by atoms with Gasteiger partial charge in [0, 0.05) is 12.1 Å². The van der Waals surface area contributed by atoms with Crippen LogP contribution in [-0.2, 0) is 20.8 Å². The number of likely N-dealkylation sites (tertiary alicyclic amines) is 1. The molecular weight excluding hydrogens is 523 g/mol. The summed E-state index contributed by atoms with van der Waals surface area (Å²) in [5.41, 5.74) is 2.06. The fourth-order valence-electron chi connectivity index (χ4n) is 9.16. The summed E-state index contributed by atoms with van der Waals surface area (Å²) < 4.78 is 14.4. The van der Waals surface area contributed by atoms with Gasteiger partial charge in [0.2, 0.25) is 0 Å². The van der Waals surface area contributed by atoms with E-state index in [2.05, 4.69) is 25.0 Å². The topological polar surface area (TPSA) is 3.24 Å². The van der Waals surface area contributed by atoms with E-state index in [9.17, 15) is 4.39 Å². The second kappa shape index (κ2) is 12.0. The van der Waals surface area contributed by atoms with E-state index in [1.807, 2.05) is 0 Å². The molecule has 4 saturated carbocycles. The monoisotopic (exact) mass is 567 g/mol. The molecule has 0 bridgehead atoms. The first-order chi connectivity index (χ1) is 13.9. The van der Waals surface area contributed by atoms with Crippen LogP contribution in [0.4, 0.5) is 4.39 Å². The normalized spacial score (nSPS) is 42.1. The van der Waals surface area contributed by atoms with E-state index >= 15 is 0 Å². The van der Waals surface area contributed by atoms with Gasteiger partial charge in [0.1, 0.15) is 6.17 Å². The van der Waals surface area contributed by atoms with Crippen LogP contribution in [0.2, 0.25) is 24.2 Å². The average Bonchev–Trinajstić information content (AvgIpc) is 3.39. The van der Waals surface area contributed by atoms with Crippen molar-refractivity contribution in [3.8, 4) is 0 Å². The van der Waals surface area contributed by atoms with Crippen LogP contribution in [0.25, 0.3) is 0 Å². The fourth-order valence-corrected chi connectivity index (χ4v) is 14.5. The van der Waals surface area contributed by atoms with Crippen molar-refractivity contribution < 1.29 is 25.2 Å². The summed E-state index contributed by atoms with van der Waals surface area (Å²) in [4.78, 5) is 2.84. The van der Waals surface area contributed by atoms with Gasteiger partial charge in [0.05, 0.1) is 8.07 Å². The van der Waals surface area contributed by atoms with E-state index in [1.165, 1.54) is 51.4 Å². The van der Waals surface area contributed by atoms with E-state index in [0.29, 0.717) is 12.0 Å². The zero-order valence-corrected chi connectivity index (χ0v) is 25.5. The Bertz CT molecular complexity index is 562. The van der Waals surface area contributed by atoms with Crippen LogP contribution in [0.15, 0.2) is 0 Å². The maximum atomic E-state index is 14.4. The van der Waals surface area contributed by atoms with Crippen LogP contribution < -0.4 is 0 Å². The minimum atomic E-state index is -1.29. The van der Waals surface area contributed by atoms with Gasteiger partial charge in [-0.3, -0.25) is 4.90 Å². The van der Waals surface area contributed by atoms with Crippen molar-refractivity contribution in [2.75, 3.05) is 7.05 Å². The average molecular weight is 570 g/mol.